The molecule has 1 aromatic carbocycles. The minimum Gasteiger partial charge on any atom is -0.356 e. The van der Waals surface area contributed by atoms with Crippen LogP contribution in [0.4, 0.5) is 8.78 Å². The first-order valence-corrected chi connectivity index (χ1v) is 7.47. The van der Waals surface area contributed by atoms with Gasteiger partial charge in [-0.2, -0.15) is 0 Å². The summed E-state index contributed by atoms with van der Waals surface area (Å²) in [6.07, 6.45) is 3.06. The van der Waals surface area contributed by atoms with Gasteiger partial charge >= 0.3 is 0 Å². The number of rotatable bonds is 6. The van der Waals surface area contributed by atoms with Crippen LogP contribution in [0.3, 0.4) is 0 Å². The number of aliphatic imine (C=N–C) groups is 1. The zero-order valence-corrected chi connectivity index (χ0v) is 13.0. The molecule has 2 rings (SSSR count). The average Bonchev–Trinajstić information content (AvgIpc) is 2.53. The van der Waals surface area contributed by atoms with Crippen LogP contribution in [0.25, 0.3) is 0 Å². The van der Waals surface area contributed by atoms with Crippen LogP contribution in [-0.2, 0) is 12.8 Å². The number of benzene rings is 1. The van der Waals surface area contributed by atoms with Gasteiger partial charge in [0.1, 0.15) is 11.6 Å². The molecule has 0 aliphatic rings. The van der Waals surface area contributed by atoms with Gasteiger partial charge < -0.3 is 10.6 Å². The van der Waals surface area contributed by atoms with Crippen molar-refractivity contribution in [1.29, 1.82) is 0 Å². The van der Waals surface area contributed by atoms with Crippen molar-refractivity contribution >= 4 is 5.96 Å². The molecule has 0 amide bonds. The van der Waals surface area contributed by atoms with Gasteiger partial charge in [-0.1, -0.05) is 6.07 Å². The van der Waals surface area contributed by atoms with Gasteiger partial charge in [0.25, 0.3) is 0 Å². The predicted molar refractivity (Wildman–Crippen MR) is 87.4 cm³/mol. The van der Waals surface area contributed by atoms with Crippen molar-refractivity contribution in [2.45, 2.75) is 12.8 Å². The third kappa shape index (κ3) is 6.02. The first kappa shape index (κ1) is 16.9. The quantitative estimate of drug-likeness (QED) is 0.635. The summed E-state index contributed by atoms with van der Waals surface area (Å²) in [6.45, 7) is 1.23. The number of halogens is 2. The Morgan fingerprint density at radius 1 is 1.04 bits per heavy atom. The van der Waals surface area contributed by atoms with E-state index in [2.05, 4.69) is 20.6 Å². The number of hydrogen-bond donors (Lipinski definition) is 2. The van der Waals surface area contributed by atoms with E-state index >= 15 is 0 Å². The molecule has 23 heavy (non-hydrogen) atoms. The van der Waals surface area contributed by atoms with E-state index in [-0.39, 0.29) is 0 Å². The molecule has 0 unspecified atom stereocenters. The fraction of sp³-hybridized carbons (Fsp3) is 0.294. The van der Waals surface area contributed by atoms with E-state index in [0.29, 0.717) is 31.0 Å². The van der Waals surface area contributed by atoms with Crippen LogP contribution in [0, 0.1) is 11.6 Å². The number of guanidine groups is 1. The number of nitrogens with zero attached hydrogens (tertiary/aromatic N) is 2. The Morgan fingerprint density at radius 3 is 2.35 bits per heavy atom. The first-order chi connectivity index (χ1) is 11.2. The van der Waals surface area contributed by atoms with Crippen molar-refractivity contribution in [2.75, 3.05) is 20.1 Å². The summed E-state index contributed by atoms with van der Waals surface area (Å²) >= 11 is 0. The van der Waals surface area contributed by atoms with Gasteiger partial charge in [0.05, 0.1) is 0 Å². The summed E-state index contributed by atoms with van der Waals surface area (Å²) in [5.41, 5.74) is 1.62. The lowest BCUT2D eigenvalue weighted by Gasteiger charge is -2.11. The molecular formula is C17H20F2N4. The van der Waals surface area contributed by atoms with E-state index in [1.165, 1.54) is 12.1 Å². The van der Waals surface area contributed by atoms with Gasteiger partial charge in [-0.15, -0.1) is 0 Å². The summed E-state index contributed by atoms with van der Waals surface area (Å²) in [5, 5.41) is 6.29. The zero-order valence-electron chi connectivity index (χ0n) is 13.0. The highest BCUT2D eigenvalue weighted by atomic mass is 19.1. The summed E-state index contributed by atoms with van der Waals surface area (Å²) in [4.78, 5) is 8.36. The van der Waals surface area contributed by atoms with Crippen molar-refractivity contribution in [3.63, 3.8) is 0 Å². The van der Waals surface area contributed by atoms with Crippen LogP contribution >= 0.6 is 0 Å². The van der Waals surface area contributed by atoms with E-state index in [4.69, 9.17) is 0 Å². The fourth-order valence-corrected chi connectivity index (χ4v) is 2.16. The highest BCUT2D eigenvalue weighted by Crippen LogP contribution is 2.08. The molecule has 4 nitrogen and oxygen atoms in total. The molecule has 0 aliphatic heterocycles. The van der Waals surface area contributed by atoms with Crippen molar-refractivity contribution in [3.05, 3.63) is 65.5 Å². The van der Waals surface area contributed by atoms with E-state index < -0.39 is 11.6 Å². The highest BCUT2D eigenvalue weighted by Gasteiger charge is 2.02. The summed E-state index contributed by atoms with van der Waals surface area (Å²) < 4.78 is 26.2. The Kier molecular flexibility index (Phi) is 6.47. The molecule has 0 aliphatic carbocycles. The lowest BCUT2D eigenvalue weighted by Crippen LogP contribution is -2.39. The topological polar surface area (TPSA) is 49.3 Å². The molecule has 0 saturated heterocycles. The maximum absolute atomic E-state index is 13.1. The molecule has 0 bridgehead atoms. The third-order valence-electron chi connectivity index (χ3n) is 3.25. The van der Waals surface area contributed by atoms with Gasteiger partial charge in [-0.05, 0) is 36.2 Å². The zero-order chi connectivity index (χ0) is 16.5. The first-order valence-electron chi connectivity index (χ1n) is 7.47. The third-order valence-corrected chi connectivity index (χ3v) is 3.25. The van der Waals surface area contributed by atoms with Crippen molar-refractivity contribution in [2.24, 2.45) is 4.99 Å². The number of hydrogen-bond acceptors (Lipinski definition) is 2. The molecular weight excluding hydrogens is 298 g/mol. The minimum atomic E-state index is -0.558. The van der Waals surface area contributed by atoms with Gasteiger partial charge in [0.2, 0.25) is 0 Å². The smallest absolute Gasteiger partial charge is 0.190 e. The molecule has 0 saturated carbocycles. The van der Waals surface area contributed by atoms with E-state index in [1.807, 2.05) is 18.2 Å². The van der Waals surface area contributed by atoms with Crippen LogP contribution in [0.15, 0.2) is 47.6 Å². The Morgan fingerprint density at radius 2 is 1.74 bits per heavy atom. The second-order valence-corrected chi connectivity index (χ2v) is 5.02. The standard InChI is InChI=1S/C17H20F2N4/c1-20-17(23-9-6-16-4-2-3-7-21-16)22-8-5-13-10-14(18)12-15(19)11-13/h2-4,7,10-12H,5-6,8-9H2,1H3,(H2,20,22,23). The summed E-state index contributed by atoms with van der Waals surface area (Å²) in [7, 11) is 1.68. The van der Waals surface area contributed by atoms with Crippen molar-refractivity contribution in [1.82, 2.24) is 15.6 Å². The lowest BCUT2D eigenvalue weighted by atomic mass is 10.1. The van der Waals surface area contributed by atoms with Gasteiger partial charge in [-0.3, -0.25) is 9.98 Å². The van der Waals surface area contributed by atoms with Crippen LogP contribution in [0.2, 0.25) is 0 Å². The lowest BCUT2D eigenvalue weighted by molar-refractivity contribution is 0.579. The number of pyridine rings is 1. The molecule has 1 aromatic heterocycles. The van der Waals surface area contributed by atoms with Crippen LogP contribution < -0.4 is 10.6 Å². The molecule has 2 N–H and O–H groups in total. The van der Waals surface area contributed by atoms with E-state index in [0.717, 1.165) is 18.2 Å². The largest absolute Gasteiger partial charge is 0.356 e. The second-order valence-electron chi connectivity index (χ2n) is 5.02. The SMILES string of the molecule is CN=C(NCCc1cc(F)cc(F)c1)NCCc1ccccn1. The average molecular weight is 318 g/mol. The molecule has 1 heterocycles. The Hall–Kier alpha value is -2.50. The number of nitrogens with one attached hydrogen (secondary N) is 2. The molecule has 122 valence electrons. The van der Waals surface area contributed by atoms with Crippen molar-refractivity contribution < 1.29 is 8.78 Å². The Labute approximate surface area is 134 Å². The van der Waals surface area contributed by atoms with E-state index in [9.17, 15) is 8.78 Å². The Balaban J connectivity index is 1.72. The second kappa shape index (κ2) is 8.82. The normalized spacial score (nSPS) is 11.3. The summed E-state index contributed by atoms with van der Waals surface area (Å²) in [5.74, 6) is -0.464. The minimum absolute atomic E-state index is 0.510. The molecule has 0 atom stereocenters. The molecule has 0 spiro atoms. The maximum atomic E-state index is 13.1. The van der Waals surface area contributed by atoms with Gasteiger partial charge in [0.15, 0.2) is 5.96 Å². The monoisotopic (exact) mass is 318 g/mol. The van der Waals surface area contributed by atoms with Crippen LogP contribution in [0.5, 0.6) is 0 Å². The van der Waals surface area contributed by atoms with Gasteiger partial charge in [0, 0.05) is 44.5 Å². The Bertz CT molecular complexity index is 624. The predicted octanol–water partition coefficient (Wildman–Crippen LogP) is 2.31. The highest BCUT2D eigenvalue weighted by molar-refractivity contribution is 5.79. The maximum Gasteiger partial charge on any atom is 0.190 e. The van der Waals surface area contributed by atoms with Crippen LogP contribution in [0.1, 0.15) is 11.3 Å². The fourth-order valence-electron chi connectivity index (χ4n) is 2.16. The van der Waals surface area contributed by atoms with E-state index in [1.54, 1.807) is 13.2 Å². The van der Waals surface area contributed by atoms with Crippen molar-refractivity contribution in [3.8, 4) is 0 Å². The van der Waals surface area contributed by atoms with Gasteiger partial charge in [-0.25, -0.2) is 8.78 Å². The molecule has 6 heteroatoms. The summed E-state index contributed by atoms with van der Waals surface area (Å²) in [6, 6.07) is 9.34. The number of aromatic nitrogens is 1. The molecule has 2 aromatic rings. The van der Waals surface area contributed by atoms with Crippen LogP contribution in [-0.4, -0.2) is 31.1 Å². The molecule has 0 fully saturated rings. The molecule has 0 radical (unpaired) electrons.